The molecule has 2 bridgehead atoms. The van der Waals surface area contributed by atoms with Gasteiger partial charge in [-0.15, -0.1) is 20.5 Å². The molecule has 0 fully saturated rings. The average Bonchev–Trinajstić information content (AvgIpc) is 2.94. The largest absolute Gasteiger partial charge is 2.00 e. The Hall–Kier alpha value is -3.09. The van der Waals surface area contributed by atoms with E-state index in [9.17, 15) is 0 Å². The normalized spacial score (nSPS) is 12.4. The number of benzene rings is 2. The Bertz CT molecular complexity index is 1210. The van der Waals surface area contributed by atoms with Crippen molar-refractivity contribution in [2.75, 3.05) is 36.9 Å². The zero-order valence-electron chi connectivity index (χ0n) is 25.0. The van der Waals surface area contributed by atoms with Gasteiger partial charge in [0, 0.05) is 26.9 Å². The predicted octanol–water partition coefficient (Wildman–Crippen LogP) is -4.79. The first-order chi connectivity index (χ1) is 21.2. The van der Waals surface area contributed by atoms with Gasteiger partial charge in [-0.25, -0.2) is 37.3 Å². The van der Waals surface area contributed by atoms with E-state index in [0.29, 0.717) is 26.3 Å². The molecule has 0 atom stereocenters. The number of rotatable bonds is 0. The number of nitriles is 2. The van der Waals surface area contributed by atoms with Crippen LogP contribution >= 0.6 is 0 Å². The van der Waals surface area contributed by atoms with Crippen molar-refractivity contribution in [3.63, 3.8) is 0 Å². The molecule has 3 N–H and O–H groups in total. The van der Waals surface area contributed by atoms with Crippen LogP contribution in [0.5, 0.6) is 11.5 Å². The minimum absolute atomic E-state index is 0. The van der Waals surface area contributed by atoms with Crippen molar-refractivity contribution in [3.8, 4) is 23.6 Å². The summed E-state index contributed by atoms with van der Waals surface area (Å²) in [7, 11) is -9.89. The molecule has 0 unspecified atom stereocenters. The van der Waals surface area contributed by atoms with E-state index in [1.54, 1.807) is 12.1 Å². The Kier molecular flexibility index (Phi) is 25.5. The number of hydrogen-bond donors (Lipinski definition) is 3. The molecule has 0 radical (unpaired) electrons. The van der Waals surface area contributed by atoms with Crippen LogP contribution in [0.1, 0.15) is 25.2 Å². The van der Waals surface area contributed by atoms with Crippen LogP contribution in [0.3, 0.4) is 0 Å². The minimum atomic E-state index is -4.94. The van der Waals surface area contributed by atoms with Crippen molar-refractivity contribution in [2.45, 2.75) is 26.9 Å². The molecule has 2 aromatic carbocycles. The standard InChI is InChI=1S/C23H26N4O2.2C2H3N.Cd.2ClHO4/c1-3-10-22-20(8-1)25-16-18-6-5-7-19(27-18)17-26-21-9-2-4-11-23(21)29-15-13-24-12-14-28-22;2*1-2-3;;2*2-1(3,4)5/h1-11,24-26H,12-17H2;2*1H3;;2*(H,2,3,4,5)/q;;;+2;;/p-2. The van der Waals surface area contributed by atoms with E-state index in [1.807, 2.05) is 66.7 Å². The number of ether oxygens (including phenoxy) is 2. The summed E-state index contributed by atoms with van der Waals surface area (Å²) in [6.45, 7) is 6.80. The van der Waals surface area contributed by atoms with Gasteiger partial charge in [0.05, 0.1) is 48.0 Å². The fourth-order valence-electron chi connectivity index (χ4n) is 3.17. The summed E-state index contributed by atoms with van der Waals surface area (Å²) in [5.74, 6) is 1.69. The average molecular weight is 784 g/mol. The third-order valence-electron chi connectivity index (χ3n) is 4.63. The molecule has 4 rings (SSSR count). The van der Waals surface area contributed by atoms with Crippen molar-refractivity contribution in [1.82, 2.24) is 10.3 Å². The zero-order valence-corrected chi connectivity index (χ0v) is 30.5. The predicted molar refractivity (Wildman–Crippen MR) is 138 cm³/mol. The van der Waals surface area contributed by atoms with Gasteiger partial charge in [0.25, 0.3) is 0 Å². The maximum atomic E-state index is 8.49. The number of anilines is 2. The quantitative estimate of drug-likeness (QED) is 0.180. The number of aromatic nitrogens is 1. The van der Waals surface area contributed by atoms with E-state index in [-0.39, 0.29) is 27.3 Å². The molecule has 0 saturated carbocycles. The SMILES string of the molecule is CC#N.CC#N.[Cd+2].[O-][Cl+3]([O-])([O-])[O-].[O-][Cl+3]([O-])([O-])[O-].c1cc2nc(c1)CNc1ccccc1OCCNCCOc1ccccc1NC2. The number of pyridine rings is 1. The van der Waals surface area contributed by atoms with Gasteiger partial charge in [-0.1, -0.05) is 30.3 Å². The van der Waals surface area contributed by atoms with E-state index in [2.05, 4.69) is 16.0 Å². The fourth-order valence-corrected chi connectivity index (χ4v) is 3.17. The van der Waals surface area contributed by atoms with Crippen molar-refractivity contribution >= 4 is 11.4 Å². The Morgan fingerprint density at radius 2 is 0.957 bits per heavy atom. The number of halogens is 2. The van der Waals surface area contributed by atoms with E-state index < -0.39 is 20.5 Å². The second-order valence-electron chi connectivity index (χ2n) is 7.97. The fraction of sp³-hybridized carbons (Fsp3) is 0.296. The first kappa shape index (κ1) is 45.0. The Labute approximate surface area is 291 Å². The van der Waals surface area contributed by atoms with Crippen LogP contribution in [-0.4, -0.2) is 31.3 Å². The van der Waals surface area contributed by atoms with Gasteiger partial charge in [0.2, 0.25) is 0 Å². The van der Waals surface area contributed by atoms with Crippen LogP contribution in [0.4, 0.5) is 11.4 Å². The first-order valence-corrected chi connectivity index (χ1v) is 15.1. The van der Waals surface area contributed by atoms with Crippen molar-refractivity contribution in [1.29, 1.82) is 10.5 Å². The smallest absolute Gasteiger partial charge is 0.490 e. The van der Waals surface area contributed by atoms with Crippen LogP contribution in [0.25, 0.3) is 0 Å². The van der Waals surface area contributed by atoms with Crippen LogP contribution in [0.2, 0.25) is 0 Å². The van der Waals surface area contributed by atoms with Crippen LogP contribution in [-0.2, 0) is 40.4 Å². The third-order valence-corrected chi connectivity index (χ3v) is 4.63. The summed E-state index contributed by atoms with van der Waals surface area (Å²) in [5, 5.41) is 24.9. The summed E-state index contributed by atoms with van der Waals surface area (Å²) < 4.78 is 79.8. The molecule has 1 aromatic heterocycles. The van der Waals surface area contributed by atoms with Gasteiger partial charge in [0.1, 0.15) is 24.7 Å². The Balaban J connectivity index is 0. The summed E-state index contributed by atoms with van der Waals surface area (Å²) in [5.41, 5.74) is 3.89. The van der Waals surface area contributed by atoms with Crippen molar-refractivity contribution in [3.05, 3.63) is 78.1 Å². The molecule has 1 aliphatic rings. The van der Waals surface area contributed by atoms with Gasteiger partial charge in [0.15, 0.2) is 0 Å². The summed E-state index contributed by atoms with van der Waals surface area (Å²) in [6.07, 6.45) is 0. The molecule has 246 valence electrons. The number of fused-ring (bicyclic) bond motifs is 4. The van der Waals surface area contributed by atoms with Gasteiger partial charge < -0.3 is 25.4 Å². The number of hydrogen-bond acceptors (Lipinski definition) is 16. The van der Waals surface area contributed by atoms with Gasteiger partial charge in [-0.3, -0.25) is 4.98 Å². The van der Waals surface area contributed by atoms with E-state index in [4.69, 9.17) is 62.3 Å². The van der Waals surface area contributed by atoms with E-state index >= 15 is 0 Å². The van der Waals surface area contributed by atoms with Crippen molar-refractivity contribution in [2.24, 2.45) is 0 Å². The molecular weight excluding hydrogens is 752 g/mol. The van der Waals surface area contributed by atoms with E-state index in [0.717, 1.165) is 47.4 Å². The third kappa shape index (κ3) is 27.2. The van der Waals surface area contributed by atoms with Crippen molar-refractivity contribution < 1.29 is 94.5 Å². The Morgan fingerprint density at radius 1 is 0.630 bits per heavy atom. The van der Waals surface area contributed by atoms with Gasteiger partial charge >= 0.3 is 27.3 Å². The minimum Gasteiger partial charge on any atom is -0.490 e. The molecule has 2 heterocycles. The number of nitrogens with zero attached hydrogens (tertiary/aromatic N) is 3. The molecular formula is C27H32CdCl2N6O10. The maximum absolute atomic E-state index is 8.49. The summed E-state index contributed by atoms with van der Waals surface area (Å²) in [6, 6.07) is 25.6. The second-order valence-corrected chi connectivity index (χ2v) is 9.48. The molecule has 0 saturated heterocycles. The zero-order chi connectivity index (χ0) is 34.1. The summed E-state index contributed by atoms with van der Waals surface area (Å²) >= 11 is 0. The number of nitrogens with one attached hydrogen (secondary N) is 3. The summed E-state index contributed by atoms with van der Waals surface area (Å²) in [4.78, 5) is 4.76. The molecule has 46 heavy (non-hydrogen) atoms. The molecule has 0 amide bonds. The Morgan fingerprint density at radius 3 is 1.30 bits per heavy atom. The van der Waals surface area contributed by atoms with Gasteiger partial charge in [-0.2, -0.15) is 10.5 Å². The first-order valence-electron chi connectivity index (χ1n) is 12.6. The topological polar surface area (TPSA) is 299 Å². The van der Waals surface area contributed by atoms with Crippen LogP contribution < -0.4 is 62.7 Å². The monoisotopic (exact) mass is 784 g/mol. The molecule has 1 aliphatic heterocycles. The van der Waals surface area contributed by atoms with E-state index in [1.165, 1.54) is 13.8 Å². The molecule has 3 aromatic rings. The molecule has 16 nitrogen and oxygen atoms in total. The number of para-hydroxylation sites is 4. The molecule has 19 heteroatoms. The van der Waals surface area contributed by atoms with Gasteiger partial charge in [-0.05, 0) is 36.4 Å². The molecule has 0 aliphatic carbocycles. The second kappa shape index (κ2) is 26.0. The van der Waals surface area contributed by atoms with Crippen LogP contribution in [0.15, 0.2) is 66.7 Å². The molecule has 0 spiro atoms. The van der Waals surface area contributed by atoms with Crippen LogP contribution in [0, 0.1) is 43.1 Å². The maximum Gasteiger partial charge on any atom is 2.00 e.